The standard InChI is InChI=1S/C13H19BrN2O2/c1-3-11(13(16)17)18-12-9(7-8(2)15)5-4-6-10(12)14/h4-6,8,11H,3,7,15H2,1-2H3,(H2,16,17). The first kappa shape index (κ1) is 15.0. The van der Waals surface area contributed by atoms with E-state index in [0.717, 1.165) is 10.0 Å². The van der Waals surface area contributed by atoms with E-state index in [2.05, 4.69) is 15.9 Å². The van der Waals surface area contributed by atoms with Crippen molar-refractivity contribution in [2.45, 2.75) is 38.8 Å². The van der Waals surface area contributed by atoms with Gasteiger partial charge in [0.1, 0.15) is 5.75 Å². The van der Waals surface area contributed by atoms with Crippen molar-refractivity contribution >= 4 is 21.8 Å². The molecule has 1 rings (SSSR count). The van der Waals surface area contributed by atoms with Gasteiger partial charge < -0.3 is 16.2 Å². The Morgan fingerprint density at radius 2 is 2.17 bits per heavy atom. The molecule has 2 atom stereocenters. The van der Waals surface area contributed by atoms with Gasteiger partial charge >= 0.3 is 0 Å². The normalized spacial score (nSPS) is 14.0. The summed E-state index contributed by atoms with van der Waals surface area (Å²) >= 11 is 3.43. The lowest BCUT2D eigenvalue weighted by molar-refractivity contribution is -0.124. The average molecular weight is 315 g/mol. The van der Waals surface area contributed by atoms with Gasteiger partial charge in [0.15, 0.2) is 6.10 Å². The molecule has 18 heavy (non-hydrogen) atoms. The van der Waals surface area contributed by atoms with Crippen LogP contribution in [0, 0.1) is 0 Å². The number of rotatable bonds is 6. The maximum Gasteiger partial charge on any atom is 0.258 e. The van der Waals surface area contributed by atoms with Crippen molar-refractivity contribution in [1.82, 2.24) is 0 Å². The van der Waals surface area contributed by atoms with Crippen LogP contribution in [0.15, 0.2) is 22.7 Å². The number of hydrogen-bond acceptors (Lipinski definition) is 3. The third-order valence-electron chi connectivity index (χ3n) is 2.54. The molecule has 0 aromatic heterocycles. The molecule has 0 spiro atoms. The molecular weight excluding hydrogens is 296 g/mol. The molecule has 5 heteroatoms. The molecule has 0 bridgehead atoms. The summed E-state index contributed by atoms with van der Waals surface area (Å²) in [6.07, 6.45) is 0.605. The van der Waals surface area contributed by atoms with E-state index >= 15 is 0 Å². The molecule has 1 amide bonds. The fourth-order valence-electron chi connectivity index (χ4n) is 1.68. The average Bonchev–Trinajstić information content (AvgIpc) is 2.27. The molecule has 2 unspecified atom stereocenters. The summed E-state index contributed by atoms with van der Waals surface area (Å²) in [5, 5.41) is 0. The highest BCUT2D eigenvalue weighted by Gasteiger charge is 2.18. The number of nitrogens with two attached hydrogens (primary N) is 2. The van der Waals surface area contributed by atoms with Crippen LogP contribution in [-0.2, 0) is 11.2 Å². The molecule has 100 valence electrons. The van der Waals surface area contributed by atoms with Crippen LogP contribution in [-0.4, -0.2) is 18.1 Å². The van der Waals surface area contributed by atoms with Gasteiger partial charge in [0.25, 0.3) is 5.91 Å². The molecule has 0 saturated heterocycles. The zero-order valence-electron chi connectivity index (χ0n) is 10.7. The molecule has 0 radical (unpaired) electrons. The summed E-state index contributed by atoms with van der Waals surface area (Å²) in [5.41, 5.74) is 12.1. The summed E-state index contributed by atoms with van der Waals surface area (Å²) in [7, 11) is 0. The predicted molar refractivity (Wildman–Crippen MR) is 75.4 cm³/mol. The lowest BCUT2D eigenvalue weighted by Gasteiger charge is -2.19. The number of amides is 1. The summed E-state index contributed by atoms with van der Waals surface area (Å²) in [4.78, 5) is 11.2. The van der Waals surface area contributed by atoms with Gasteiger partial charge in [-0.05, 0) is 47.3 Å². The monoisotopic (exact) mass is 314 g/mol. The minimum Gasteiger partial charge on any atom is -0.479 e. The SMILES string of the molecule is CCC(Oc1c(Br)cccc1CC(C)N)C(N)=O. The highest BCUT2D eigenvalue weighted by atomic mass is 79.9. The minimum atomic E-state index is -0.615. The van der Waals surface area contributed by atoms with E-state index in [4.69, 9.17) is 16.2 Å². The van der Waals surface area contributed by atoms with Crippen LogP contribution < -0.4 is 16.2 Å². The smallest absolute Gasteiger partial charge is 0.258 e. The lowest BCUT2D eigenvalue weighted by atomic mass is 10.1. The maximum atomic E-state index is 11.2. The number of para-hydroxylation sites is 1. The van der Waals surface area contributed by atoms with Crippen LogP contribution in [0.25, 0.3) is 0 Å². The first-order chi connectivity index (χ1) is 8.45. The van der Waals surface area contributed by atoms with Gasteiger partial charge in [-0.3, -0.25) is 4.79 Å². The third-order valence-corrected chi connectivity index (χ3v) is 3.16. The van der Waals surface area contributed by atoms with Gasteiger partial charge in [0.05, 0.1) is 4.47 Å². The Hall–Kier alpha value is -1.07. The van der Waals surface area contributed by atoms with Crippen molar-refractivity contribution < 1.29 is 9.53 Å². The van der Waals surface area contributed by atoms with E-state index in [9.17, 15) is 4.79 Å². The Morgan fingerprint density at radius 1 is 1.50 bits per heavy atom. The Kier molecular flexibility index (Phi) is 5.62. The quantitative estimate of drug-likeness (QED) is 0.842. The first-order valence-corrected chi connectivity index (χ1v) is 6.74. The molecule has 4 nitrogen and oxygen atoms in total. The van der Waals surface area contributed by atoms with E-state index in [1.807, 2.05) is 32.0 Å². The molecular formula is C13H19BrN2O2. The highest BCUT2D eigenvalue weighted by Crippen LogP contribution is 2.31. The van der Waals surface area contributed by atoms with Crippen molar-refractivity contribution in [3.05, 3.63) is 28.2 Å². The van der Waals surface area contributed by atoms with Crippen LogP contribution in [0.2, 0.25) is 0 Å². The number of carbonyl (C=O) groups is 1. The Morgan fingerprint density at radius 3 is 2.67 bits per heavy atom. The fraction of sp³-hybridized carbons (Fsp3) is 0.462. The zero-order valence-corrected chi connectivity index (χ0v) is 12.2. The molecule has 0 aliphatic carbocycles. The van der Waals surface area contributed by atoms with Gasteiger partial charge in [0, 0.05) is 6.04 Å². The molecule has 1 aromatic rings. The molecule has 4 N–H and O–H groups in total. The highest BCUT2D eigenvalue weighted by molar-refractivity contribution is 9.10. The maximum absolute atomic E-state index is 11.2. The Balaban J connectivity index is 3.01. The van der Waals surface area contributed by atoms with Gasteiger partial charge in [-0.1, -0.05) is 19.1 Å². The topological polar surface area (TPSA) is 78.3 Å². The van der Waals surface area contributed by atoms with Crippen LogP contribution in [0.4, 0.5) is 0 Å². The summed E-state index contributed by atoms with van der Waals surface area (Å²) in [6.45, 7) is 3.79. The largest absolute Gasteiger partial charge is 0.479 e. The van der Waals surface area contributed by atoms with E-state index in [1.165, 1.54) is 0 Å². The van der Waals surface area contributed by atoms with Crippen molar-refractivity contribution in [2.75, 3.05) is 0 Å². The van der Waals surface area contributed by atoms with E-state index in [0.29, 0.717) is 18.6 Å². The molecule has 0 aliphatic heterocycles. The molecule has 1 aromatic carbocycles. The van der Waals surface area contributed by atoms with Crippen LogP contribution >= 0.6 is 15.9 Å². The summed E-state index contributed by atoms with van der Waals surface area (Å²) in [5.74, 6) is 0.195. The number of carbonyl (C=O) groups excluding carboxylic acids is 1. The van der Waals surface area contributed by atoms with E-state index in [1.54, 1.807) is 0 Å². The molecule has 0 saturated carbocycles. The number of primary amides is 1. The lowest BCUT2D eigenvalue weighted by Crippen LogP contribution is -2.33. The second-order valence-electron chi connectivity index (χ2n) is 4.33. The first-order valence-electron chi connectivity index (χ1n) is 5.94. The Labute approximate surface area is 116 Å². The second kappa shape index (κ2) is 6.75. The number of benzene rings is 1. The van der Waals surface area contributed by atoms with Gasteiger partial charge in [-0.25, -0.2) is 0 Å². The summed E-state index contributed by atoms with van der Waals surface area (Å²) < 4.78 is 6.52. The number of halogens is 1. The second-order valence-corrected chi connectivity index (χ2v) is 5.18. The number of hydrogen-bond donors (Lipinski definition) is 2. The van der Waals surface area contributed by atoms with Gasteiger partial charge in [0.2, 0.25) is 0 Å². The van der Waals surface area contributed by atoms with Crippen LogP contribution in [0.3, 0.4) is 0 Å². The predicted octanol–water partition coefficient (Wildman–Crippen LogP) is 1.98. The molecule has 0 heterocycles. The van der Waals surface area contributed by atoms with Crippen molar-refractivity contribution in [2.24, 2.45) is 11.5 Å². The van der Waals surface area contributed by atoms with Crippen LogP contribution in [0.1, 0.15) is 25.8 Å². The van der Waals surface area contributed by atoms with Gasteiger partial charge in [-0.15, -0.1) is 0 Å². The van der Waals surface area contributed by atoms with Crippen molar-refractivity contribution in [1.29, 1.82) is 0 Å². The Bertz CT molecular complexity index is 421. The third kappa shape index (κ3) is 3.99. The fourth-order valence-corrected chi connectivity index (χ4v) is 2.18. The molecule has 0 aliphatic rings. The van der Waals surface area contributed by atoms with E-state index < -0.39 is 12.0 Å². The van der Waals surface area contributed by atoms with Crippen molar-refractivity contribution in [3.8, 4) is 5.75 Å². The minimum absolute atomic E-state index is 0.0234. The van der Waals surface area contributed by atoms with Crippen LogP contribution in [0.5, 0.6) is 5.75 Å². The number of ether oxygens (including phenoxy) is 1. The van der Waals surface area contributed by atoms with Crippen molar-refractivity contribution in [3.63, 3.8) is 0 Å². The van der Waals surface area contributed by atoms with E-state index in [-0.39, 0.29) is 6.04 Å². The van der Waals surface area contributed by atoms with Gasteiger partial charge in [-0.2, -0.15) is 0 Å². The zero-order chi connectivity index (χ0) is 13.7. The summed E-state index contributed by atoms with van der Waals surface area (Å²) in [6, 6.07) is 5.75. The molecule has 0 fully saturated rings.